The van der Waals surface area contributed by atoms with Crippen molar-refractivity contribution in [2.24, 2.45) is 0 Å². The summed E-state index contributed by atoms with van der Waals surface area (Å²) in [6, 6.07) is 16.3. The SMILES string of the molecule is Cc1cc2c(cn1)n(C(C)c1c[nH]c3cccc(C)c13)c(=O)n2[C@H](CC(=O)O)c1ccccc1. The van der Waals surface area contributed by atoms with Crippen LogP contribution in [-0.2, 0) is 4.79 Å². The van der Waals surface area contributed by atoms with Crippen molar-refractivity contribution in [1.82, 2.24) is 19.1 Å². The fraction of sp³-hybridized carbons (Fsp3) is 0.222. The summed E-state index contributed by atoms with van der Waals surface area (Å²) < 4.78 is 3.35. The van der Waals surface area contributed by atoms with Gasteiger partial charge in [-0.1, -0.05) is 42.5 Å². The average Bonchev–Trinajstić information content (AvgIpc) is 3.37. The number of imidazole rings is 1. The van der Waals surface area contributed by atoms with Gasteiger partial charge in [0.2, 0.25) is 0 Å². The molecule has 0 aliphatic heterocycles. The molecule has 172 valence electrons. The first-order valence-corrected chi connectivity index (χ1v) is 11.3. The van der Waals surface area contributed by atoms with Crippen LogP contribution >= 0.6 is 0 Å². The van der Waals surface area contributed by atoms with Gasteiger partial charge in [-0.15, -0.1) is 0 Å². The molecule has 0 aliphatic rings. The number of benzene rings is 2. The highest BCUT2D eigenvalue weighted by molar-refractivity contribution is 5.87. The van der Waals surface area contributed by atoms with Crippen molar-refractivity contribution >= 4 is 27.9 Å². The fourth-order valence-electron chi connectivity index (χ4n) is 4.98. The number of carboxylic acid groups (broad SMARTS) is 1. The molecule has 0 bridgehead atoms. The average molecular weight is 455 g/mol. The second-order valence-corrected chi connectivity index (χ2v) is 8.78. The zero-order valence-electron chi connectivity index (χ0n) is 19.3. The van der Waals surface area contributed by atoms with E-state index in [4.69, 9.17) is 0 Å². The van der Waals surface area contributed by atoms with Crippen LogP contribution in [-0.4, -0.2) is 30.2 Å². The van der Waals surface area contributed by atoms with Crippen LogP contribution in [0.5, 0.6) is 0 Å². The van der Waals surface area contributed by atoms with Gasteiger partial charge >= 0.3 is 11.7 Å². The predicted octanol–water partition coefficient (Wildman–Crippen LogP) is 4.97. The third-order valence-electron chi connectivity index (χ3n) is 6.58. The van der Waals surface area contributed by atoms with E-state index in [1.165, 1.54) is 0 Å². The van der Waals surface area contributed by atoms with Crippen molar-refractivity contribution in [2.45, 2.75) is 39.3 Å². The number of carboxylic acids is 1. The van der Waals surface area contributed by atoms with E-state index in [2.05, 4.69) is 23.0 Å². The number of rotatable bonds is 6. The Morgan fingerprint density at radius 3 is 2.56 bits per heavy atom. The number of fused-ring (bicyclic) bond motifs is 2. The van der Waals surface area contributed by atoms with Crippen LogP contribution in [0.4, 0.5) is 0 Å². The van der Waals surface area contributed by atoms with Gasteiger partial charge in [0.15, 0.2) is 0 Å². The number of aromatic nitrogens is 4. The molecule has 7 nitrogen and oxygen atoms in total. The molecule has 5 rings (SSSR count). The Hall–Kier alpha value is -4.13. The Bertz CT molecular complexity index is 1580. The van der Waals surface area contributed by atoms with Gasteiger partial charge in [-0.25, -0.2) is 4.79 Å². The standard InChI is InChI=1S/C27H26N4O3/c1-16-8-7-11-21-26(16)20(14-29-21)18(3)30-24-15-28-17(2)12-23(24)31(27(30)34)22(13-25(32)33)19-9-5-4-6-10-19/h4-12,14-15,18,22,29H,13H2,1-3H3,(H,32,33)/t18?,22-/m1/s1. The number of aryl methyl sites for hydroxylation is 2. The minimum Gasteiger partial charge on any atom is -0.481 e. The number of hydrogen-bond acceptors (Lipinski definition) is 3. The van der Waals surface area contributed by atoms with E-state index in [1.807, 2.05) is 68.6 Å². The molecular weight excluding hydrogens is 428 g/mol. The van der Waals surface area contributed by atoms with Gasteiger partial charge in [-0.2, -0.15) is 0 Å². The molecule has 3 heterocycles. The van der Waals surface area contributed by atoms with E-state index in [0.717, 1.165) is 33.3 Å². The second kappa shape index (κ2) is 8.33. The van der Waals surface area contributed by atoms with Gasteiger partial charge in [0, 0.05) is 28.4 Å². The third-order valence-corrected chi connectivity index (χ3v) is 6.58. The van der Waals surface area contributed by atoms with Gasteiger partial charge < -0.3 is 10.1 Å². The quantitative estimate of drug-likeness (QED) is 0.379. The summed E-state index contributed by atoms with van der Waals surface area (Å²) in [7, 11) is 0. The molecule has 0 amide bonds. The summed E-state index contributed by atoms with van der Waals surface area (Å²) in [5, 5.41) is 10.8. The molecule has 34 heavy (non-hydrogen) atoms. The number of pyridine rings is 1. The van der Waals surface area contributed by atoms with Crippen LogP contribution < -0.4 is 5.69 Å². The molecule has 2 atom stereocenters. The van der Waals surface area contributed by atoms with Crippen molar-refractivity contribution < 1.29 is 9.90 Å². The van der Waals surface area contributed by atoms with Crippen LogP contribution in [0.3, 0.4) is 0 Å². The first kappa shape index (κ1) is 21.7. The molecule has 0 aliphatic carbocycles. The normalized spacial score (nSPS) is 13.4. The molecule has 7 heteroatoms. The molecule has 5 aromatic rings. The maximum Gasteiger partial charge on any atom is 0.330 e. The number of aromatic amines is 1. The molecule has 3 aromatic heterocycles. The lowest BCUT2D eigenvalue weighted by Gasteiger charge is -2.18. The number of nitrogens with zero attached hydrogens (tertiary/aromatic N) is 3. The van der Waals surface area contributed by atoms with Crippen molar-refractivity contribution in [3.8, 4) is 0 Å². The first-order chi connectivity index (χ1) is 16.4. The van der Waals surface area contributed by atoms with Gasteiger partial charge in [0.05, 0.1) is 35.7 Å². The fourth-order valence-corrected chi connectivity index (χ4v) is 4.98. The molecule has 0 saturated carbocycles. The van der Waals surface area contributed by atoms with Crippen molar-refractivity contribution in [2.75, 3.05) is 0 Å². The summed E-state index contributed by atoms with van der Waals surface area (Å²) in [5.74, 6) is -0.965. The number of carbonyl (C=O) groups is 1. The highest BCUT2D eigenvalue weighted by Crippen LogP contribution is 2.32. The second-order valence-electron chi connectivity index (χ2n) is 8.78. The van der Waals surface area contributed by atoms with Gasteiger partial charge in [-0.3, -0.25) is 18.9 Å². The summed E-state index contributed by atoms with van der Waals surface area (Å²) in [6.45, 7) is 5.92. The summed E-state index contributed by atoms with van der Waals surface area (Å²) >= 11 is 0. The highest BCUT2D eigenvalue weighted by atomic mass is 16.4. The highest BCUT2D eigenvalue weighted by Gasteiger charge is 2.27. The van der Waals surface area contributed by atoms with Crippen LogP contribution in [0.15, 0.2) is 71.8 Å². The van der Waals surface area contributed by atoms with E-state index in [9.17, 15) is 14.7 Å². The number of H-pyrrole nitrogens is 1. The van der Waals surface area contributed by atoms with E-state index >= 15 is 0 Å². The maximum atomic E-state index is 14.0. The molecular formula is C27H26N4O3. The zero-order chi connectivity index (χ0) is 24.0. The van der Waals surface area contributed by atoms with Crippen LogP contribution in [0.2, 0.25) is 0 Å². The predicted molar refractivity (Wildman–Crippen MR) is 132 cm³/mol. The van der Waals surface area contributed by atoms with E-state index in [0.29, 0.717) is 11.0 Å². The lowest BCUT2D eigenvalue weighted by molar-refractivity contribution is -0.137. The Balaban J connectivity index is 1.78. The number of nitrogens with one attached hydrogen (secondary N) is 1. The smallest absolute Gasteiger partial charge is 0.330 e. The van der Waals surface area contributed by atoms with E-state index in [1.54, 1.807) is 15.3 Å². The molecule has 0 saturated heterocycles. The zero-order valence-corrected chi connectivity index (χ0v) is 19.3. The molecule has 1 unspecified atom stereocenters. The van der Waals surface area contributed by atoms with E-state index in [-0.39, 0.29) is 18.2 Å². The minimum atomic E-state index is -0.965. The minimum absolute atomic E-state index is 0.203. The molecule has 2 aromatic carbocycles. The Morgan fingerprint density at radius 1 is 1.06 bits per heavy atom. The Morgan fingerprint density at radius 2 is 1.82 bits per heavy atom. The molecule has 0 radical (unpaired) electrons. The molecule has 2 N–H and O–H groups in total. The van der Waals surface area contributed by atoms with Gasteiger partial charge in [0.1, 0.15) is 0 Å². The van der Waals surface area contributed by atoms with Crippen molar-refractivity contribution in [3.63, 3.8) is 0 Å². The van der Waals surface area contributed by atoms with Gasteiger partial charge in [-0.05, 0) is 44.0 Å². The lowest BCUT2D eigenvalue weighted by atomic mass is 10.0. The van der Waals surface area contributed by atoms with Gasteiger partial charge in [0.25, 0.3) is 0 Å². The molecule has 0 spiro atoms. The van der Waals surface area contributed by atoms with Crippen molar-refractivity contribution in [3.05, 3.63) is 99.9 Å². The topological polar surface area (TPSA) is 92.9 Å². The van der Waals surface area contributed by atoms with Crippen LogP contribution in [0.1, 0.15) is 47.8 Å². The monoisotopic (exact) mass is 454 g/mol. The summed E-state index contributed by atoms with van der Waals surface area (Å²) in [6.07, 6.45) is 3.46. The first-order valence-electron chi connectivity index (χ1n) is 11.3. The summed E-state index contributed by atoms with van der Waals surface area (Å²) in [4.78, 5) is 33.7. The van der Waals surface area contributed by atoms with E-state index < -0.39 is 12.0 Å². The number of hydrogen-bond donors (Lipinski definition) is 2. The lowest BCUT2D eigenvalue weighted by Crippen LogP contribution is -2.31. The third kappa shape index (κ3) is 3.50. The number of aliphatic carboxylic acids is 1. The maximum absolute atomic E-state index is 14.0. The molecule has 0 fully saturated rings. The van der Waals surface area contributed by atoms with Crippen molar-refractivity contribution in [1.29, 1.82) is 0 Å². The Labute approximate surface area is 196 Å². The van der Waals surface area contributed by atoms with Crippen LogP contribution in [0.25, 0.3) is 21.9 Å². The largest absolute Gasteiger partial charge is 0.481 e. The summed E-state index contributed by atoms with van der Waals surface area (Å²) in [5.41, 5.74) is 5.78. The Kier molecular flexibility index (Phi) is 5.32. The van der Waals surface area contributed by atoms with Crippen LogP contribution in [0, 0.1) is 13.8 Å².